The number of aryl methyl sites for hydroxylation is 1. The Morgan fingerprint density at radius 2 is 1.77 bits per heavy atom. The van der Waals surface area contributed by atoms with Crippen LogP contribution in [0.5, 0.6) is 5.75 Å². The van der Waals surface area contributed by atoms with Crippen LogP contribution in [-0.4, -0.2) is 63.9 Å². The quantitative estimate of drug-likeness (QED) is 0.492. The average molecular weight is 438 g/mol. The predicted molar refractivity (Wildman–Crippen MR) is 116 cm³/mol. The van der Waals surface area contributed by atoms with E-state index in [0.29, 0.717) is 5.56 Å². The molecule has 0 aromatic heterocycles. The first kappa shape index (κ1) is 26.2. The number of rotatable bonds is 8. The van der Waals surface area contributed by atoms with Crippen molar-refractivity contribution in [2.24, 2.45) is 0 Å². The number of aliphatic hydroxyl groups is 1. The third-order valence-electron chi connectivity index (χ3n) is 4.35. The van der Waals surface area contributed by atoms with Gasteiger partial charge in [-0.3, -0.25) is 9.59 Å². The largest absolute Gasteiger partial charge is 0.507 e. The molecule has 31 heavy (non-hydrogen) atoms. The van der Waals surface area contributed by atoms with Crippen LogP contribution in [0.15, 0.2) is 18.2 Å². The zero-order valence-electron chi connectivity index (χ0n) is 19.4. The zero-order valence-corrected chi connectivity index (χ0v) is 19.4. The molecule has 1 aromatic carbocycles. The first-order chi connectivity index (χ1) is 14.3. The van der Waals surface area contributed by atoms with Crippen LogP contribution in [0.25, 0.3) is 0 Å². The van der Waals surface area contributed by atoms with Crippen LogP contribution >= 0.6 is 0 Å². The molecule has 3 amide bonds. The fourth-order valence-corrected chi connectivity index (χ4v) is 3.02. The van der Waals surface area contributed by atoms with Crippen molar-refractivity contribution in [1.29, 1.82) is 0 Å². The van der Waals surface area contributed by atoms with Crippen molar-refractivity contribution < 1.29 is 29.3 Å². The van der Waals surface area contributed by atoms with Crippen molar-refractivity contribution in [3.63, 3.8) is 0 Å². The number of hydrogen-bond acceptors (Lipinski definition) is 6. The molecule has 0 fully saturated rings. The summed E-state index contributed by atoms with van der Waals surface area (Å²) < 4.78 is 5.16. The molecule has 0 heterocycles. The van der Waals surface area contributed by atoms with E-state index >= 15 is 0 Å². The van der Waals surface area contributed by atoms with Crippen molar-refractivity contribution in [2.45, 2.75) is 72.2 Å². The van der Waals surface area contributed by atoms with Crippen molar-refractivity contribution in [1.82, 2.24) is 15.5 Å². The van der Waals surface area contributed by atoms with E-state index in [1.807, 2.05) is 0 Å². The molecule has 0 saturated heterocycles. The average Bonchev–Trinajstić information content (AvgIpc) is 2.64. The standard InChI is InChI=1S/C22H35N3O6/c1-8-25(20(29)16(12-26)24-21(30)31-22(5,6)7)17(19(28)23-13(2)3)15-11-9-10-14(4)18(15)27/h9-11,13,16-17,26-27H,8,12H2,1-7H3,(H,23,28)(H,24,30). The molecule has 0 spiro atoms. The number of hydrogen-bond donors (Lipinski definition) is 4. The summed E-state index contributed by atoms with van der Waals surface area (Å²) in [5.41, 5.74) is 0.0150. The summed E-state index contributed by atoms with van der Waals surface area (Å²) in [5.74, 6) is -1.26. The highest BCUT2D eigenvalue weighted by Gasteiger charge is 2.36. The summed E-state index contributed by atoms with van der Waals surface area (Å²) in [4.78, 5) is 39.6. The molecule has 4 N–H and O–H groups in total. The fourth-order valence-electron chi connectivity index (χ4n) is 3.02. The van der Waals surface area contributed by atoms with Crippen LogP contribution in [0.3, 0.4) is 0 Å². The van der Waals surface area contributed by atoms with Gasteiger partial charge < -0.3 is 30.5 Å². The molecular weight excluding hydrogens is 402 g/mol. The smallest absolute Gasteiger partial charge is 0.408 e. The number of nitrogens with zero attached hydrogens (tertiary/aromatic N) is 1. The second-order valence-corrected chi connectivity index (χ2v) is 8.58. The Bertz CT molecular complexity index is 788. The first-order valence-corrected chi connectivity index (χ1v) is 10.3. The predicted octanol–water partition coefficient (Wildman–Crippen LogP) is 2.00. The Labute approximate surface area is 183 Å². The Hall–Kier alpha value is -2.81. The minimum absolute atomic E-state index is 0.0922. The molecule has 0 bridgehead atoms. The number of benzene rings is 1. The Balaban J connectivity index is 3.32. The van der Waals surface area contributed by atoms with E-state index in [1.165, 1.54) is 4.90 Å². The van der Waals surface area contributed by atoms with Gasteiger partial charge in [-0.2, -0.15) is 0 Å². The number of carbonyl (C=O) groups is 3. The molecule has 0 radical (unpaired) electrons. The highest BCUT2D eigenvalue weighted by atomic mass is 16.6. The number of alkyl carbamates (subject to hydrolysis) is 1. The van der Waals surface area contributed by atoms with Crippen molar-refractivity contribution in [2.75, 3.05) is 13.2 Å². The minimum atomic E-state index is -1.32. The third-order valence-corrected chi connectivity index (χ3v) is 4.35. The molecule has 0 aliphatic heterocycles. The molecule has 1 aromatic rings. The highest BCUT2D eigenvalue weighted by molar-refractivity contribution is 5.92. The summed E-state index contributed by atoms with van der Waals surface area (Å²) in [6.45, 7) is 11.3. The van der Waals surface area contributed by atoms with Crippen LogP contribution in [0.4, 0.5) is 4.79 Å². The Morgan fingerprint density at radius 3 is 2.26 bits per heavy atom. The molecule has 9 nitrogen and oxygen atoms in total. The van der Waals surface area contributed by atoms with Crippen LogP contribution in [0.2, 0.25) is 0 Å². The summed E-state index contributed by atoms with van der Waals surface area (Å²) >= 11 is 0. The van der Waals surface area contributed by atoms with E-state index in [4.69, 9.17) is 4.74 Å². The van der Waals surface area contributed by atoms with E-state index in [0.717, 1.165) is 0 Å². The fraction of sp³-hybridized carbons (Fsp3) is 0.591. The molecular formula is C22H35N3O6. The molecule has 9 heteroatoms. The lowest BCUT2D eigenvalue weighted by molar-refractivity contribution is -0.143. The van der Waals surface area contributed by atoms with Gasteiger partial charge in [0.25, 0.3) is 0 Å². The first-order valence-electron chi connectivity index (χ1n) is 10.3. The van der Waals surface area contributed by atoms with Crippen LogP contribution in [0.1, 0.15) is 58.7 Å². The van der Waals surface area contributed by atoms with Crippen molar-refractivity contribution in [3.8, 4) is 5.75 Å². The van der Waals surface area contributed by atoms with E-state index in [1.54, 1.807) is 66.7 Å². The summed E-state index contributed by atoms with van der Waals surface area (Å²) in [6, 6.07) is 2.25. The number of phenols is 1. The van der Waals surface area contributed by atoms with Gasteiger partial charge >= 0.3 is 6.09 Å². The van der Waals surface area contributed by atoms with E-state index < -0.39 is 42.2 Å². The maximum Gasteiger partial charge on any atom is 0.408 e. The molecule has 0 aliphatic carbocycles. The normalized spacial score (nSPS) is 13.3. The number of aromatic hydroxyl groups is 1. The number of ether oxygens (including phenoxy) is 1. The molecule has 2 atom stereocenters. The second kappa shape index (κ2) is 11.0. The number of aliphatic hydroxyl groups excluding tert-OH is 1. The Kier molecular flexibility index (Phi) is 9.30. The molecule has 1 rings (SSSR count). The van der Waals surface area contributed by atoms with Crippen LogP contribution in [0, 0.1) is 6.92 Å². The molecule has 174 valence electrons. The molecule has 0 aliphatic rings. The van der Waals surface area contributed by atoms with E-state index in [9.17, 15) is 24.6 Å². The van der Waals surface area contributed by atoms with Gasteiger partial charge in [0.05, 0.1) is 6.61 Å². The Morgan fingerprint density at radius 1 is 1.16 bits per heavy atom. The van der Waals surface area contributed by atoms with Gasteiger partial charge in [0, 0.05) is 18.2 Å². The van der Waals surface area contributed by atoms with Gasteiger partial charge in [-0.1, -0.05) is 18.2 Å². The number of carbonyl (C=O) groups excluding carboxylic acids is 3. The monoisotopic (exact) mass is 437 g/mol. The van der Waals surface area contributed by atoms with Gasteiger partial charge in [-0.05, 0) is 54.0 Å². The van der Waals surface area contributed by atoms with Crippen molar-refractivity contribution >= 4 is 17.9 Å². The number of para-hydroxylation sites is 1. The lowest BCUT2D eigenvalue weighted by atomic mass is 9.99. The van der Waals surface area contributed by atoms with Gasteiger partial charge in [0.15, 0.2) is 0 Å². The zero-order chi connectivity index (χ0) is 23.9. The number of amides is 3. The highest BCUT2D eigenvalue weighted by Crippen LogP contribution is 2.32. The molecule has 0 saturated carbocycles. The van der Waals surface area contributed by atoms with E-state index in [2.05, 4.69) is 10.6 Å². The number of nitrogens with one attached hydrogen (secondary N) is 2. The number of phenolic OH excluding ortho intramolecular Hbond substituents is 1. The van der Waals surface area contributed by atoms with Crippen LogP contribution in [-0.2, 0) is 14.3 Å². The SMILES string of the molecule is CCN(C(=O)C(CO)NC(=O)OC(C)(C)C)C(C(=O)NC(C)C)c1cccc(C)c1O. The summed E-state index contributed by atoms with van der Waals surface area (Å²) in [7, 11) is 0. The van der Waals surface area contributed by atoms with E-state index in [-0.39, 0.29) is 23.9 Å². The number of likely N-dealkylation sites (N-methyl/N-ethyl adjacent to an activating group) is 1. The summed E-state index contributed by atoms with van der Waals surface area (Å²) in [5, 5.41) is 25.5. The topological polar surface area (TPSA) is 128 Å². The van der Waals surface area contributed by atoms with Crippen LogP contribution < -0.4 is 10.6 Å². The van der Waals surface area contributed by atoms with Gasteiger partial charge in [0.1, 0.15) is 23.4 Å². The summed E-state index contributed by atoms with van der Waals surface area (Å²) in [6.07, 6.45) is -0.863. The minimum Gasteiger partial charge on any atom is -0.507 e. The second-order valence-electron chi connectivity index (χ2n) is 8.58. The third kappa shape index (κ3) is 7.43. The lowest BCUT2D eigenvalue weighted by Crippen LogP contribution is -2.54. The van der Waals surface area contributed by atoms with Gasteiger partial charge in [-0.15, -0.1) is 0 Å². The maximum atomic E-state index is 13.2. The van der Waals surface area contributed by atoms with Crippen molar-refractivity contribution in [3.05, 3.63) is 29.3 Å². The lowest BCUT2D eigenvalue weighted by Gasteiger charge is -2.34. The molecule has 2 unspecified atom stereocenters. The maximum absolute atomic E-state index is 13.2. The van der Waals surface area contributed by atoms with Gasteiger partial charge in [0.2, 0.25) is 11.8 Å². The van der Waals surface area contributed by atoms with Gasteiger partial charge in [-0.25, -0.2) is 4.79 Å².